The smallest absolute Gasteiger partial charge is 0.124 e. The van der Waals surface area contributed by atoms with Gasteiger partial charge in [-0.3, -0.25) is 0 Å². The lowest BCUT2D eigenvalue weighted by Gasteiger charge is -2.38. The third kappa shape index (κ3) is 0.900. The molecule has 48 valence electrons. The van der Waals surface area contributed by atoms with Gasteiger partial charge in [-0.05, 0) is 0 Å². The Bertz CT molecular complexity index is 67.0. The molecule has 0 bridgehead atoms. The van der Waals surface area contributed by atoms with Crippen LogP contribution in [0.15, 0.2) is 0 Å². The van der Waals surface area contributed by atoms with Crippen LogP contribution in [-0.4, -0.2) is 31.3 Å². The first-order valence-electron chi connectivity index (χ1n) is 2.52. The molecule has 0 aliphatic carbocycles. The number of rotatable bonds is 2. The number of ether oxygens (including phenoxy) is 2. The summed E-state index contributed by atoms with van der Waals surface area (Å²) in [4.78, 5) is 0. The molecule has 0 aromatic heterocycles. The molecule has 1 rings (SSSR count). The summed E-state index contributed by atoms with van der Waals surface area (Å²) in [5.74, 6) is 0. The van der Waals surface area contributed by atoms with E-state index < -0.39 is 0 Å². The number of halogens is 1. The molecule has 0 saturated carbocycles. The van der Waals surface area contributed by atoms with Crippen LogP contribution in [0.2, 0.25) is 0 Å². The van der Waals surface area contributed by atoms with Crippen LogP contribution in [-0.2, 0) is 9.47 Å². The van der Waals surface area contributed by atoms with E-state index in [4.69, 9.17) is 9.47 Å². The van der Waals surface area contributed by atoms with E-state index >= 15 is 0 Å². The van der Waals surface area contributed by atoms with Crippen LogP contribution >= 0.6 is 15.9 Å². The Labute approximate surface area is 57.3 Å². The molecule has 8 heavy (non-hydrogen) atoms. The summed E-state index contributed by atoms with van der Waals surface area (Å²) >= 11 is 3.34. The maximum absolute atomic E-state index is 5.15. The molecule has 3 heteroatoms. The van der Waals surface area contributed by atoms with E-state index in [2.05, 4.69) is 15.9 Å². The quantitative estimate of drug-likeness (QED) is 0.586. The molecular formula is C5H9BrO2. The SMILES string of the molecule is COC1(CBr)COC1. The molecule has 0 radical (unpaired) electrons. The predicted molar refractivity (Wildman–Crippen MR) is 34.4 cm³/mol. The van der Waals surface area contributed by atoms with E-state index in [9.17, 15) is 0 Å². The van der Waals surface area contributed by atoms with Crippen molar-refractivity contribution in [2.45, 2.75) is 5.60 Å². The fourth-order valence-electron chi connectivity index (χ4n) is 0.579. The average molecular weight is 181 g/mol. The van der Waals surface area contributed by atoms with Crippen molar-refractivity contribution in [3.05, 3.63) is 0 Å². The second-order valence-electron chi connectivity index (χ2n) is 2.01. The minimum Gasteiger partial charge on any atom is -0.375 e. The second kappa shape index (κ2) is 2.33. The Morgan fingerprint density at radius 2 is 2.38 bits per heavy atom. The third-order valence-corrected chi connectivity index (χ3v) is 2.43. The van der Waals surface area contributed by atoms with E-state index in [1.54, 1.807) is 7.11 Å². The van der Waals surface area contributed by atoms with Crippen LogP contribution in [0.25, 0.3) is 0 Å². The van der Waals surface area contributed by atoms with Crippen molar-refractivity contribution in [1.29, 1.82) is 0 Å². The molecule has 0 aromatic carbocycles. The summed E-state index contributed by atoms with van der Waals surface area (Å²) in [7, 11) is 1.71. The van der Waals surface area contributed by atoms with Crippen LogP contribution in [0.1, 0.15) is 0 Å². The molecule has 1 aliphatic rings. The first-order valence-corrected chi connectivity index (χ1v) is 3.64. The zero-order valence-electron chi connectivity index (χ0n) is 4.82. The molecule has 2 nitrogen and oxygen atoms in total. The minimum atomic E-state index is 0. The topological polar surface area (TPSA) is 18.5 Å². The normalized spacial score (nSPS) is 24.8. The molecule has 1 heterocycles. The van der Waals surface area contributed by atoms with E-state index in [0.717, 1.165) is 18.5 Å². The van der Waals surface area contributed by atoms with Gasteiger partial charge in [0.15, 0.2) is 0 Å². The molecule has 0 N–H and O–H groups in total. The fraction of sp³-hybridized carbons (Fsp3) is 1.00. The van der Waals surface area contributed by atoms with E-state index in [0.29, 0.717) is 0 Å². The summed E-state index contributed by atoms with van der Waals surface area (Å²) in [5, 5.41) is 0.872. The van der Waals surface area contributed by atoms with Gasteiger partial charge in [-0.25, -0.2) is 0 Å². The highest BCUT2D eigenvalue weighted by molar-refractivity contribution is 9.09. The van der Waals surface area contributed by atoms with E-state index in [1.165, 1.54) is 0 Å². The predicted octanol–water partition coefficient (Wildman–Crippen LogP) is 0.797. The van der Waals surface area contributed by atoms with Gasteiger partial charge in [-0.1, -0.05) is 15.9 Å². The average Bonchev–Trinajstić information content (AvgIpc) is 1.67. The lowest BCUT2D eigenvalue weighted by Crippen LogP contribution is -2.52. The van der Waals surface area contributed by atoms with Gasteiger partial charge in [0.2, 0.25) is 0 Å². The molecule has 0 atom stereocenters. The number of methoxy groups -OCH3 is 1. The largest absolute Gasteiger partial charge is 0.375 e. The fourth-order valence-corrected chi connectivity index (χ4v) is 1.13. The highest BCUT2D eigenvalue weighted by Crippen LogP contribution is 2.22. The Hall–Kier alpha value is 0.400. The zero-order valence-corrected chi connectivity index (χ0v) is 6.40. The number of alkyl halides is 1. The van der Waals surface area contributed by atoms with Crippen molar-refractivity contribution in [2.75, 3.05) is 25.7 Å². The number of hydrogen-bond acceptors (Lipinski definition) is 2. The summed E-state index contributed by atoms with van der Waals surface area (Å²) in [6, 6.07) is 0. The standard InChI is InChI=1S/C5H9BrO2/c1-7-5(2-6)3-8-4-5/h2-4H2,1H3. The van der Waals surface area contributed by atoms with E-state index in [-0.39, 0.29) is 5.60 Å². The van der Waals surface area contributed by atoms with Gasteiger partial charge in [0.1, 0.15) is 5.60 Å². The summed E-state index contributed by atoms with van der Waals surface area (Å²) in [6.07, 6.45) is 0. The van der Waals surface area contributed by atoms with Crippen molar-refractivity contribution in [3.8, 4) is 0 Å². The van der Waals surface area contributed by atoms with Crippen molar-refractivity contribution >= 4 is 15.9 Å². The second-order valence-corrected chi connectivity index (χ2v) is 2.57. The summed E-state index contributed by atoms with van der Waals surface area (Å²) in [5.41, 5.74) is 0. The lowest BCUT2D eigenvalue weighted by atomic mass is 10.1. The van der Waals surface area contributed by atoms with Gasteiger partial charge in [0, 0.05) is 12.4 Å². The minimum absolute atomic E-state index is 0. The Morgan fingerprint density at radius 3 is 2.38 bits per heavy atom. The first-order chi connectivity index (χ1) is 3.83. The van der Waals surface area contributed by atoms with Crippen molar-refractivity contribution < 1.29 is 9.47 Å². The van der Waals surface area contributed by atoms with Gasteiger partial charge >= 0.3 is 0 Å². The van der Waals surface area contributed by atoms with Crippen LogP contribution in [0.4, 0.5) is 0 Å². The lowest BCUT2D eigenvalue weighted by molar-refractivity contribution is -0.180. The molecular weight excluding hydrogens is 172 g/mol. The van der Waals surface area contributed by atoms with Crippen LogP contribution in [0, 0.1) is 0 Å². The molecule has 1 fully saturated rings. The van der Waals surface area contributed by atoms with Gasteiger partial charge in [0.05, 0.1) is 13.2 Å². The van der Waals surface area contributed by atoms with Gasteiger partial charge in [0.25, 0.3) is 0 Å². The van der Waals surface area contributed by atoms with Gasteiger partial charge in [-0.2, -0.15) is 0 Å². The Kier molecular flexibility index (Phi) is 1.90. The third-order valence-electron chi connectivity index (χ3n) is 1.41. The summed E-state index contributed by atoms with van der Waals surface area (Å²) < 4.78 is 10.1. The highest BCUT2D eigenvalue weighted by atomic mass is 79.9. The first kappa shape index (κ1) is 6.52. The molecule has 0 aromatic rings. The maximum Gasteiger partial charge on any atom is 0.124 e. The highest BCUT2D eigenvalue weighted by Gasteiger charge is 2.37. The molecule has 0 amide bonds. The van der Waals surface area contributed by atoms with Crippen LogP contribution < -0.4 is 0 Å². The van der Waals surface area contributed by atoms with Gasteiger partial charge < -0.3 is 9.47 Å². The monoisotopic (exact) mass is 180 g/mol. The Balaban J connectivity index is 2.33. The van der Waals surface area contributed by atoms with Gasteiger partial charge in [-0.15, -0.1) is 0 Å². The van der Waals surface area contributed by atoms with Crippen molar-refractivity contribution in [3.63, 3.8) is 0 Å². The molecule has 1 aliphatic heterocycles. The molecule has 0 spiro atoms. The summed E-state index contributed by atoms with van der Waals surface area (Å²) in [6.45, 7) is 1.46. The maximum atomic E-state index is 5.15. The number of hydrogen-bond donors (Lipinski definition) is 0. The molecule has 0 unspecified atom stereocenters. The van der Waals surface area contributed by atoms with Crippen LogP contribution in [0.3, 0.4) is 0 Å². The zero-order chi connectivity index (χ0) is 6.04. The Morgan fingerprint density at radius 1 is 1.75 bits per heavy atom. The van der Waals surface area contributed by atoms with Crippen molar-refractivity contribution in [2.24, 2.45) is 0 Å². The molecule has 1 saturated heterocycles. The van der Waals surface area contributed by atoms with E-state index in [1.807, 2.05) is 0 Å². The van der Waals surface area contributed by atoms with Crippen molar-refractivity contribution in [1.82, 2.24) is 0 Å². The van der Waals surface area contributed by atoms with Crippen LogP contribution in [0.5, 0.6) is 0 Å².